The number of amides is 3. The number of benzene rings is 3. The van der Waals surface area contributed by atoms with Crippen LogP contribution in [0.2, 0.25) is 0 Å². The molecule has 0 spiro atoms. The molecule has 2 atom stereocenters. The molecule has 0 aliphatic carbocycles. The normalized spacial score (nSPS) is 15.0. The monoisotopic (exact) mass is 720 g/mol. The van der Waals surface area contributed by atoms with Crippen LogP contribution in [0.15, 0.2) is 82.6 Å². The van der Waals surface area contributed by atoms with Crippen LogP contribution in [0.4, 0.5) is 11.4 Å². The average Bonchev–Trinajstić information content (AvgIpc) is 3.21. The van der Waals surface area contributed by atoms with Crippen LogP contribution in [0.25, 0.3) is 0 Å². The van der Waals surface area contributed by atoms with Crippen molar-refractivity contribution in [2.75, 3.05) is 17.8 Å². The van der Waals surface area contributed by atoms with Gasteiger partial charge in [0.25, 0.3) is 5.91 Å². The molecule has 50 heavy (non-hydrogen) atoms. The summed E-state index contributed by atoms with van der Waals surface area (Å²) in [5.74, 6) is -2.30. The zero-order valence-electron chi connectivity index (χ0n) is 28.9. The maximum Gasteiger partial charge on any atom is 0.326 e. The van der Waals surface area contributed by atoms with Gasteiger partial charge in [-0.1, -0.05) is 95.0 Å². The topological polar surface area (TPSA) is 142 Å². The highest BCUT2D eigenvalue weighted by Crippen LogP contribution is 2.51. The Hall–Kier alpha value is -4.29. The van der Waals surface area contributed by atoms with Crippen LogP contribution in [0, 0.1) is 5.41 Å². The van der Waals surface area contributed by atoms with E-state index in [0.29, 0.717) is 57.1 Å². The number of anilines is 2. The molecule has 0 aromatic heterocycles. The lowest BCUT2D eigenvalue weighted by atomic mass is 9.77. The van der Waals surface area contributed by atoms with Gasteiger partial charge in [0.2, 0.25) is 11.8 Å². The Labute approximate surface area is 302 Å². The maximum absolute atomic E-state index is 14.7. The molecule has 4 rings (SSSR count). The zero-order chi connectivity index (χ0) is 36.3. The smallest absolute Gasteiger partial charge is 0.326 e. The molecule has 3 aromatic carbocycles. The summed E-state index contributed by atoms with van der Waals surface area (Å²) < 4.78 is 6.06. The van der Waals surface area contributed by atoms with Crippen molar-refractivity contribution in [2.45, 2.75) is 87.6 Å². The summed E-state index contributed by atoms with van der Waals surface area (Å²) in [4.78, 5) is 70.0. The number of para-hydroxylation sites is 1. The second kappa shape index (κ2) is 18.1. The van der Waals surface area contributed by atoms with Crippen molar-refractivity contribution >= 4 is 63.7 Å². The van der Waals surface area contributed by atoms with Crippen molar-refractivity contribution < 1.29 is 33.8 Å². The van der Waals surface area contributed by atoms with Gasteiger partial charge in [0, 0.05) is 10.6 Å². The van der Waals surface area contributed by atoms with Crippen LogP contribution < -0.4 is 20.3 Å². The molecule has 0 bridgehead atoms. The summed E-state index contributed by atoms with van der Waals surface area (Å²) in [5.41, 5.74) is 0.565. The fourth-order valence-corrected chi connectivity index (χ4v) is 7.70. The van der Waals surface area contributed by atoms with Crippen molar-refractivity contribution in [2.24, 2.45) is 5.41 Å². The fourth-order valence-electron chi connectivity index (χ4n) is 5.94. The summed E-state index contributed by atoms with van der Waals surface area (Å²) in [6.45, 7) is 5.29. The third kappa shape index (κ3) is 8.89. The number of carbonyl (C=O) groups is 5. The van der Waals surface area contributed by atoms with Gasteiger partial charge in [-0.2, -0.15) is 0 Å². The summed E-state index contributed by atoms with van der Waals surface area (Å²) in [5, 5.41) is 14.5. The second-order valence-electron chi connectivity index (χ2n) is 12.2. The quantitative estimate of drug-likeness (QED) is 0.0663. The van der Waals surface area contributed by atoms with Crippen LogP contribution in [0.3, 0.4) is 0 Å². The standard InChI is InChI=1S/C38H46N3O7S2/c1-5-8-20-38(21-9-6-2)36(46)41(26-18-14-11-15-19-26)28-22-31(49-4)29(23-30(28)50-37(38)47)48-24-32(42)40-33(25-16-12-10-13-17-25)34(43)39-27(7-3)35(44)45/h10-19,22-23,27,33,50H,5-9,20-21,24H2,1-4H3,(H,39,43)(H,40,42)(H,44,45)/t27-,33+/m0/s1. The SMILES string of the molecule is CCCCC1(CCCC)C(=O)[SH]c2cc(OCC(=O)N[C@@H](C(=O)N[C@@H](CC)C(=O)O)c3ccccc3)c(SC)cc2N(c2ccccc2)C1=O. The number of hydrogen-bond donors (Lipinski definition) is 4. The molecular weight excluding hydrogens is 675 g/mol. The fraction of sp³-hybridized carbons (Fsp3) is 0.395. The number of carbonyl (C=O) groups excluding carboxylic acids is 4. The molecule has 0 fully saturated rings. The van der Waals surface area contributed by atoms with Gasteiger partial charge in [0.15, 0.2) is 11.7 Å². The first kappa shape index (κ1) is 38.5. The molecule has 10 nitrogen and oxygen atoms in total. The minimum Gasteiger partial charge on any atom is -0.483 e. The number of unbranched alkanes of at least 4 members (excludes halogenated alkanes) is 2. The number of thiol groups is 1. The molecule has 267 valence electrons. The van der Waals surface area contributed by atoms with Gasteiger partial charge in [0.05, 0.1) is 10.6 Å². The number of aliphatic carboxylic acids is 1. The molecule has 3 N–H and O–H groups in total. The third-order valence-electron chi connectivity index (χ3n) is 8.76. The molecule has 0 saturated carbocycles. The number of fused-ring (bicyclic) bond motifs is 1. The van der Waals surface area contributed by atoms with Crippen LogP contribution in [0.5, 0.6) is 5.75 Å². The lowest BCUT2D eigenvalue weighted by molar-refractivity contribution is -0.142. The molecule has 1 aliphatic heterocycles. The Morgan fingerprint density at radius 2 is 1.54 bits per heavy atom. The van der Waals surface area contributed by atoms with Gasteiger partial charge in [-0.15, -0.1) is 23.5 Å². The molecule has 3 aromatic rings. The average molecular weight is 721 g/mol. The predicted molar refractivity (Wildman–Crippen MR) is 198 cm³/mol. The molecule has 3 amide bonds. The number of carboxylic acid groups (broad SMARTS) is 1. The van der Waals surface area contributed by atoms with E-state index in [0.717, 1.165) is 25.7 Å². The number of rotatable bonds is 17. The van der Waals surface area contributed by atoms with Crippen molar-refractivity contribution in [1.82, 2.24) is 10.6 Å². The zero-order valence-corrected chi connectivity index (χ0v) is 30.7. The molecule has 1 radical (unpaired) electrons. The van der Waals surface area contributed by atoms with Gasteiger partial charge < -0.3 is 20.5 Å². The molecule has 1 aliphatic rings. The van der Waals surface area contributed by atoms with E-state index in [4.69, 9.17) is 4.74 Å². The van der Waals surface area contributed by atoms with Gasteiger partial charge in [-0.05, 0) is 55.3 Å². The Morgan fingerprint density at radius 1 is 0.920 bits per heavy atom. The highest BCUT2D eigenvalue weighted by atomic mass is 32.2. The molecule has 12 heteroatoms. The van der Waals surface area contributed by atoms with Gasteiger partial charge >= 0.3 is 5.97 Å². The molecule has 0 unspecified atom stereocenters. The number of ether oxygens (including phenoxy) is 1. The Morgan fingerprint density at radius 3 is 2.10 bits per heavy atom. The lowest BCUT2D eigenvalue weighted by Crippen LogP contribution is -2.47. The number of hydrogen-bond acceptors (Lipinski definition) is 7. The number of thioether (sulfide) groups is 1. The third-order valence-corrected chi connectivity index (χ3v) is 10.7. The van der Waals surface area contributed by atoms with E-state index in [1.54, 1.807) is 48.2 Å². The van der Waals surface area contributed by atoms with E-state index in [1.807, 2.05) is 42.7 Å². The molecular formula is C38H46N3O7S2. The predicted octanol–water partition coefficient (Wildman–Crippen LogP) is 7.02. The van der Waals surface area contributed by atoms with E-state index in [9.17, 15) is 29.1 Å². The van der Waals surface area contributed by atoms with E-state index in [2.05, 4.69) is 24.5 Å². The number of carboxylic acids is 1. The molecule has 1 heterocycles. The van der Waals surface area contributed by atoms with E-state index in [-0.39, 0.29) is 17.4 Å². The van der Waals surface area contributed by atoms with E-state index < -0.39 is 41.9 Å². The molecule has 0 saturated heterocycles. The van der Waals surface area contributed by atoms with Crippen molar-refractivity contribution in [3.63, 3.8) is 0 Å². The van der Waals surface area contributed by atoms with Crippen molar-refractivity contribution in [1.29, 1.82) is 0 Å². The van der Waals surface area contributed by atoms with Gasteiger partial charge in [0.1, 0.15) is 23.2 Å². The Balaban J connectivity index is 1.67. The van der Waals surface area contributed by atoms with Crippen LogP contribution >= 0.6 is 23.5 Å². The summed E-state index contributed by atoms with van der Waals surface area (Å²) in [6.07, 6.45) is 6.15. The second-order valence-corrected chi connectivity index (χ2v) is 14.1. The van der Waals surface area contributed by atoms with E-state index in [1.165, 1.54) is 11.8 Å². The first-order valence-corrected chi connectivity index (χ1v) is 19.1. The minimum absolute atomic E-state index is 0.145. The summed E-state index contributed by atoms with van der Waals surface area (Å²) in [7, 11) is 0. The largest absolute Gasteiger partial charge is 0.483 e. The maximum atomic E-state index is 14.7. The Bertz CT molecular complexity index is 1660. The number of nitrogens with zero attached hydrogens (tertiary/aromatic N) is 1. The van der Waals surface area contributed by atoms with Gasteiger partial charge in [-0.25, -0.2) is 4.79 Å². The minimum atomic E-state index is -1.17. The van der Waals surface area contributed by atoms with Crippen LogP contribution in [0.1, 0.15) is 77.3 Å². The van der Waals surface area contributed by atoms with Crippen molar-refractivity contribution in [3.8, 4) is 5.75 Å². The van der Waals surface area contributed by atoms with Crippen molar-refractivity contribution in [3.05, 3.63) is 78.4 Å². The Kier molecular flexibility index (Phi) is 13.9. The van der Waals surface area contributed by atoms with Gasteiger partial charge in [-0.3, -0.25) is 24.1 Å². The number of nitrogens with one attached hydrogen (secondary N) is 2. The first-order valence-electron chi connectivity index (χ1n) is 17.0. The highest BCUT2D eigenvalue weighted by Gasteiger charge is 2.50. The summed E-state index contributed by atoms with van der Waals surface area (Å²) >= 11 is 1.75. The highest BCUT2D eigenvalue weighted by molar-refractivity contribution is 8.14. The first-order chi connectivity index (χ1) is 24.1. The summed E-state index contributed by atoms with van der Waals surface area (Å²) in [6, 6.07) is 19.2. The van der Waals surface area contributed by atoms with E-state index >= 15 is 0 Å². The van der Waals surface area contributed by atoms with Crippen LogP contribution in [-0.2, 0) is 24.0 Å². The lowest BCUT2D eigenvalue weighted by Gasteiger charge is -2.34. The van der Waals surface area contributed by atoms with Crippen LogP contribution in [-0.4, -0.2) is 52.8 Å².